The molecule has 0 saturated carbocycles. The summed E-state index contributed by atoms with van der Waals surface area (Å²) in [6.45, 7) is -0.468. The zero-order chi connectivity index (χ0) is 17.2. The first-order valence-electron chi connectivity index (χ1n) is 6.90. The zero-order valence-corrected chi connectivity index (χ0v) is 13.9. The zero-order valence-electron chi connectivity index (χ0n) is 12.3. The van der Waals surface area contributed by atoms with Crippen LogP contribution in [0, 0.1) is 0 Å². The summed E-state index contributed by atoms with van der Waals surface area (Å²) in [4.78, 5) is 10.7. The number of carbonyl (C=O) groups is 1. The number of rotatable bonds is 6. The molecule has 8 heteroatoms. The van der Waals surface area contributed by atoms with Gasteiger partial charge in [-0.15, -0.1) is 11.3 Å². The third kappa shape index (κ3) is 3.34. The molecule has 0 bridgehead atoms. The predicted molar refractivity (Wildman–Crippen MR) is 92.2 cm³/mol. The molecule has 124 valence electrons. The lowest BCUT2D eigenvalue weighted by Gasteiger charge is -2.13. The molecule has 0 aliphatic heterocycles. The number of fused-ring (bicyclic) bond motifs is 1. The summed E-state index contributed by atoms with van der Waals surface area (Å²) in [5, 5.41) is 11.7. The molecule has 3 aromatic rings. The lowest BCUT2D eigenvalue weighted by Crippen LogP contribution is -2.12. The minimum Gasteiger partial charge on any atom is -0.481 e. The van der Waals surface area contributed by atoms with Crippen LogP contribution in [0.4, 0.5) is 5.69 Å². The van der Waals surface area contributed by atoms with Crippen LogP contribution >= 0.6 is 11.3 Å². The largest absolute Gasteiger partial charge is 0.481 e. The van der Waals surface area contributed by atoms with Gasteiger partial charge in [0, 0.05) is 10.8 Å². The Morgan fingerprint density at radius 2 is 1.83 bits per heavy atom. The van der Waals surface area contributed by atoms with Gasteiger partial charge in [0.25, 0.3) is 10.0 Å². The van der Waals surface area contributed by atoms with Crippen molar-refractivity contribution in [2.45, 2.75) is 4.21 Å². The van der Waals surface area contributed by atoms with E-state index in [1.54, 1.807) is 47.8 Å². The number of aliphatic carboxylic acids is 1. The number of hydrogen-bond donors (Lipinski definition) is 2. The number of thiophene rings is 1. The van der Waals surface area contributed by atoms with Crippen molar-refractivity contribution in [3.63, 3.8) is 0 Å². The van der Waals surface area contributed by atoms with Gasteiger partial charge < -0.3 is 9.84 Å². The van der Waals surface area contributed by atoms with E-state index in [4.69, 9.17) is 9.84 Å². The summed E-state index contributed by atoms with van der Waals surface area (Å²) < 4.78 is 32.8. The summed E-state index contributed by atoms with van der Waals surface area (Å²) in [6.07, 6.45) is 0. The fourth-order valence-corrected chi connectivity index (χ4v) is 4.31. The molecule has 0 radical (unpaired) electrons. The Balaban J connectivity index is 2.01. The Hall–Kier alpha value is -2.58. The molecule has 2 aromatic carbocycles. The topological polar surface area (TPSA) is 92.7 Å². The van der Waals surface area contributed by atoms with Gasteiger partial charge in [-0.1, -0.05) is 30.3 Å². The molecule has 6 nitrogen and oxygen atoms in total. The van der Waals surface area contributed by atoms with E-state index in [0.717, 1.165) is 11.3 Å². The van der Waals surface area contributed by atoms with Gasteiger partial charge in [-0.3, -0.25) is 4.72 Å². The van der Waals surface area contributed by atoms with Crippen molar-refractivity contribution in [3.05, 3.63) is 53.9 Å². The second-order valence-corrected chi connectivity index (χ2v) is 7.73. The van der Waals surface area contributed by atoms with Crippen LogP contribution < -0.4 is 9.46 Å². The molecule has 3 rings (SSSR count). The molecule has 2 N–H and O–H groups in total. The van der Waals surface area contributed by atoms with Gasteiger partial charge in [-0.05, 0) is 23.6 Å². The number of anilines is 1. The summed E-state index contributed by atoms with van der Waals surface area (Å²) >= 11 is 1.13. The van der Waals surface area contributed by atoms with E-state index in [-0.39, 0.29) is 4.21 Å². The van der Waals surface area contributed by atoms with Crippen LogP contribution in [0.5, 0.6) is 5.75 Å². The molecular weight excluding hydrogens is 350 g/mol. The number of ether oxygens (including phenoxy) is 1. The van der Waals surface area contributed by atoms with E-state index in [9.17, 15) is 13.2 Å². The van der Waals surface area contributed by atoms with Crippen LogP contribution in [0.2, 0.25) is 0 Å². The van der Waals surface area contributed by atoms with Gasteiger partial charge in [0.2, 0.25) is 0 Å². The minimum absolute atomic E-state index is 0.220. The van der Waals surface area contributed by atoms with E-state index < -0.39 is 22.6 Å². The first kappa shape index (κ1) is 16.3. The summed E-state index contributed by atoms with van der Waals surface area (Å²) in [5.41, 5.74) is 0.404. The van der Waals surface area contributed by atoms with Crippen molar-refractivity contribution in [3.8, 4) is 5.75 Å². The number of carboxylic acids is 1. The van der Waals surface area contributed by atoms with E-state index in [2.05, 4.69) is 4.72 Å². The number of sulfonamides is 1. The average molecular weight is 363 g/mol. The predicted octanol–water partition coefficient (Wildman–Crippen LogP) is 3.17. The highest BCUT2D eigenvalue weighted by atomic mass is 32.2. The maximum absolute atomic E-state index is 12.4. The van der Waals surface area contributed by atoms with Crippen LogP contribution in [0.3, 0.4) is 0 Å². The van der Waals surface area contributed by atoms with Crippen LogP contribution in [0.15, 0.2) is 58.1 Å². The van der Waals surface area contributed by atoms with Gasteiger partial charge in [-0.25, -0.2) is 13.2 Å². The fourth-order valence-electron chi connectivity index (χ4n) is 2.24. The Kier molecular flexibility index (Phi) is 4.41. The van der Waals surface area contributed by atoms with Crippen molar-refractivity contribution in [2.24, 2.45) is 0 Å². The normalized spacial score (nSPS) is 11.3. The first-order chi connectivity index (χ1) is 11.5. The maximum Gasteiger partial charge on any atom is 0.341 e. The molecule has 1 aromatic heterocycles. The average Bonchev–Trinajstić information content (AvgIpc) is 3.09. The monoisotopic (exact) mass is 363 g/mol. The molecule has 0 spiro atoms. The Labute approximate surface area is 142 Å². The lowest BCUT2D eigenvalue weighted by molar-refractivity contribution is -0.139. The Morgan fingerprint density at radius 3 is 2.50 bits per heavy atom. The Morgan fingerprint density at radius 1 is 1.08 bits per heavy atom. The van der Waals surface area contributed by atoms with E-state index >= 15 is 0 Å². The van der Waals surface area contributed by atoms with Gasteiger partial charge in [0.05, 0.1) is 5.69 Å². The van der Waals surface area contributed by atoms with Crippen LogP contribution in [0.1, 0.15) is 0 Å². The smallest absolute Gasteiger partial charge is 0.341 e. The number of nitrogens with one attached hydrogen (secondary N) is 1. The van der Waals surface area contributed by atoms with Crippen molar-refractivity contribution in [2.75, 3.05) is 11.3 Å². The van der Waals surface area contributed by atoms with Crippen LogP contribution in [0.25, 0.3) is 10.8 Å². The summed E-state index contributed by atoms with van der Waals surface area (Å²) in [5.74, 6) is -0.700. The van der Waals surface area contributed by atoms with E-state index in [1.165, 1.54) is 6.07 Å². The molecule has 0 aliphatic rings. The number of hydrogen-bond acceptors (Lipinski definition) is 5. The fraction of sp³-hybridized carbons (Fsp3) is 0.0625. The molecule has 24 heavy (non-hydrogen) atoms. The highest BCUT2D eigenvalue weighted by Crippen LogP contribution is 2.33. The van der Waals surface area contributed by atoms with E-state index in [0.29, 0.717) is 22.2 Å². The molecular formula is C16H13NO5S2. The Bertz CT molecular complexity index is 981. The highest BCUT2D eigenvalue weighted by molar-refractivity contribution is 7.94. The second kappa shape index (κ2) is 6.50. The summed E-state index contributed by atoms with van der Waals surface area (Å²) in [7, 11) is -3.67. The van der Waals surface area contributed by atoms with Crippen molar-refractivity contribution < 1.29 is 23.1 Å². The van der Waals surface area contributed by atoms with Crippen molar-refractivity contribution in [1.29, 1.82) is 0 Å². The van der Waals surface area contributed by atoms with Crippen molar-refractivity contribution >= 4 is 43.8 Å². The molecule has 0 amide bonds. The molecule has 0 fully saturated rings. The molecule has 0 aliphatic carbocycles. The first-order valence-corrected chi connectivity index (χ1v) is 9.26. The maximum atomic E-state index is 12.4. The lowest BCUT2D eigenvalue weighted by atomic mass is 10.1. The third-order valence-electron chi connectivity index (χ3n) is 3.24. The van der Waals surface area contributed by atoms with Crippen LogP contribution in [-0.4, -0.2) is 26.1 Å². The highest BCUT2D eigenvalue weighted by Gasteiger charge is 2.17. The quantitative estimate of drug-likeness (QED) is 0.702. The van der Waals surface area contributed by atoms with Gasteiger partial charge in [-0.2, -0.15) is 0 Å². The molecule has 0 saturated heterocycles. The molecule has 0 unspecified atom stereocenters. The van der Waals surface area contributed by atoms with Crippen LogP contribution in [-0.2, 0) is 14.8 Å². The van der Waals surface area contributed by atoms with Gasteiger partial charge in [0.1, 0.15) is 9.96 Å². The minimum atomic E-state index is -3.67. The van der Waals surface area contributed by atoms with E-state index in [1.807, 2.05) is 0 Å². The molecule has 1 heterocycles. The number of benzene rings is 2. The third-order valence-corrected chi connectivity index (χ3v) is 6.00. The van der Waals surface area contributed by atoms with Gasteiger partial charge in [0.15, 0.2) is 6.61 Å². The van der Waals surface area contributed by atoms with Gasteiger partial charge >= 0.3 is 5.97 Å². The second-order valence-electron chi connectivity index (χ2n) is 4.88. The van der Waals surface area contributed by atoms with Crippen molar-refractivity contribution in [1.82, 2.24) is 0 Å². The standard InChI is InChI=1S/C16H13NO5S2/c18-15(19)10-22-14-8-7-13(11-4-1-2-5-12(11)14)17-24(20,21)16-6-3-9-23-16/h1-9,17H,10H2,(H,18,19). The SMILES string of the molecule is O=C(O)COc1ccc(NS(=O)(=O)c2cccs2)c2ccccc12. The molecule has 0 atom stereocenters. The number of carboxylic acid groups (broad SMARTS) is 1. The summed E-state index contributed by atoms with van der Waals surface area (Å²) in [6, 6.07) is 13.3.